The number of anilines is 3. The molecule has 0 atom stereocenters. The molecule has 3 rings (SSSR count). The summed E-state index contributed by atoms with van der Waals surface area (Å²) in [7, 11) is 0. The van der Waals surface area contributed by atoms with Gasteiger partial charge in [0.15, 0.2) is 0 Å². The second-order valence-corrected chi connectivity index (χ2v) is 4.93. The average molecular weight is 302 g/mol. The van der Waals surface area contributed by atoms with Crippen LogP contribution in [0, 0.1) is 0 Å². The highest BCUT2D eigenvalue weighted by molar-refractivity contribution is 5.81. The zero-order valence-electron chi connectivity index (χ0n) is 13.3. The zero-order valence-corrected chi connectivity index (χ0v) is 13.3. The first-order valence-electron chi connectivity index (χ1n) is 7.75. The van der Waals surface area contributed by atoms with Gasteiger partial charge in [0.25, 0.3) is 10.9 Å². The molecule has 2 N–H and O–H groups in total. The number of nitrogens with two attached hydrogens (primary N) is 1. The Bertz CT molecular complexity index is 730. The Morgan fingerprint density at radius 1 is 1.23 bits per heavy atom. The third kappa shape index (κ3) is 2.58. The van der Waals surface area contributed by atoms with Crippen LogP contribution in [0.25, 0.3) is 0 Å². The van der Waals surface area contributed by atoms with Crippen LogP contribution >= 0.6 is 0 Å². The molecule has 5 heteroatoms. The maximum Gasteiger partial charge on any atom is 0.253 e. The summed E-state index contributed by atoms with van der Waals surface area (Å²) in [5.41, 5.74) is 6.95. The zero-order chi connectivity index (χ0) is 16.3. The van der Waals surface area contributed by atoms with Crippen molar-refractivity contribution in [2.45, 2.75) is 33.6 Å². The summed E-state index contributed by atoms with van der Waals surface area (Å²) < 4.78 is 5.69. The van der Waals surface area contributed by atoms with Gasteiger partial charge in [0, 0.05) is 6.54 Å². The van der Waals surface area contributed by atoms with Crippen LogP contribution in [-0.4, -0.2) is 13.2 Å². The van der Waals surface area contributed by atoms with E-state index in [0.717, 1.165) is 29.8 Å². The Morgan fingerprint density at radius 3 is 2.59 bits per heavy atom. The molecule has 5 nitrogen and oxygen atoms in total. The topological polar surface area (TPSA) is 72.6 Å². The number of fused-ring (bicyclic) bond motifs is 1. The van der Waals surface area contributed by atoms with Crippen LogP contribution in [0.15, 0.2) is 27.8 Å². The molecule has 0 bridgehead atoms. The van der Waals surface area contributed by atoms with Crippen LogP contribution < -0.4 is 26.2 Å². The minimum absolute atomic E-state index is 0.0600. The van der Waals surface area contributed by atoms with Crippen molar-refractivity contribution in [3.05, 3.63) is 44.2 Å². The number of rotatable bonds is 2. The molecule has 1 aliphatic heterocycles. The molecule has 2 aromatic carbocycles. The Balaban J connectivity index is 0.000000847. The average Bonchev–Trinajstić information content (AvgIpc) is 2.78. The van der Waals surface area contributed by atoms with Gasteiger partial charge in [-0.25, -0.2) is 0 Å². The molecule has 22 heavy (non-hydrogen) atoms. The number of ether oxygens (including phenoxy) is 1. The number of benzene rings is 1. The van der Waals surface area contributed by atoms with Crippen LogP contribution in [0.2, 0.25) is 0 Å². The summed E-state index contributed by atoms with van der Waals surface area (Å²) in [6.07, 6.45) is 1.66. The molecule has 0 saturated heterocycles. The molecular weight excluding hydrogens is 280 g/mol. The van der Waals surface area contributed by atoms with E-state index in [1.807, 2.05) is 36.9 Å². The normalized spacial score (nSPS) is 13.7. The largest absolute Gasteiger partial charge is 0.491 e. The highest BCUT2D eigenvalue weighted by atomic mass is 16.5. The SMILES string of the molecule is CC.CCc1ccc2c(c1)N(c1c(N)c(=O)c1=O)CCCO2. The summed E-state index contributed by atoms with van der Waals surface area (Å²) in [4.78, 5) is 24.9. The van der Waals surface area contributed by atoms with Crippen molar-refractivity contribution in [2.75, 3.05) is 23.8 Å². The van der Waals surface area contributed by atoms with E-state index in [1.165, 1.54) is 0 Å². The molecule has 0 unspecified atom stereocenters. The molecular formula is C17H22N2O3. The predicted octanol–water partition coefficient (Wildman–Crippen LogP) is 2.37. The van der Waals surface area contributed by atoms with Crippen molar-refractivity contribution < 1.29 is 4.74 Å². The van der Waals surface area contributed by atoms with Crippen molar-refractivity contribution in [3.63, 3.8) is 0 Å². The van der Waals surface area contributed by atoms with E-state index in [4.69, 9.17) is 10.5 Å². The van der Waals surface area contributed by atoms with E-state index in [2.05, 4.69) is 6.92 Å². The Labute approximate surface area is 130 Å². The van der Waals surface area contributed by atoms with Gasteiger partial charge in [-0.2, -0.15) is 0 Å². The van der Waals surface area contributed by atoms with E-state index in [1.54, 1.807) is 0 Å². The van der Waals surface area contributed by atoms with E-state index < -0.39 is 10.9 Å². The Kier molecular flexibility index (Phi) is 4.85. The number of hydrogen-bond acceptors (Lipinski definition) is 5. The van der Waals surface area contributed by atoms with Gasteiger partial charge in [0.2, 0.25) is 0 Å². The molecule has 0 aliphatic carbocycles. The van der Waals surface area contributed by atoms with Crippen LogP contribution in [0.1, 0.15) is 32.8 Å². The monoisotopic (exact) mass is 302 g/mol. The predicted molar refractivity (Wildman–Crippen MR) is 90.1 cm³/mol. The van der Waals surface area contributed by atoms with Gasteiger partial charge in [-0.3, -0.25) is 9.59 Å². The third-order valence-corrected chi connectivity index (χ3v) is 3.70. The Morgan fingerprint density at radius 2 is 1.95 bits per heavy atom. The van der Waals surface area contributed by atoms with Gasteiger partial charge in [0.1, 0.15) is 17.1 Å². The van der Waals surface area contributed by atoms with Gasteiger partial charge < -0.3 is 15.4 Å². The van der Waals surface area contributed by atoms with Crippen molar-refractivity contribution in [3.8, 4) is 5.75 Å². The second kappa shape index (κ2) is 6.64. The molecule has 1 heterocycles. The third-order valence-electron chi connectivity index (χ3n) is 3.70. The highest BCUT2D eigenvalue weighted by Gasteiger charge is 2.28. The molecule has 118 valence electrons. The van der Waals surface area contributed by atoms with E-state index in [9.17, 15) is 9.59 Å². The summed E-state index contributed by atoms with van der Waals surface area (Å²) in [5.74, 6) is 0.729. The maximum atomic E-state index is 11.8. The van der Waals surface area contributed by atoms with Crippen LogP contribution in [-0.2, 0) is 6.42 Å². The second-order valence-electron chi connectivity index (χ2n) is 4.93. The smallest absolute Gasteiger partial charge is 0.253 e. The first-order chi connectivity index (χ1) is 10.6. The van der Waals surface area contributed by atoms with Gasteiger partial charge in [-0.15, -0.1) is 0 Å². The van der Waals surface area contributed by atoms with Gasteiger partial charge >= 0.3 is 0 Å². The van der Waals surface area contributed by atoms with Crippen molar-refractivity contribution in [1.82, 2.24) is 0 Å². The van der Waals surface area contributed by atoms with Crippen LogP contribution in [0.3, 0.4) is 0 Å². The number of nitrogens with zero attached hydrogens (tertiary/aromatic N) is 1. The lowest BCUT2D eigenvalue weighted by atomic mass is 10.1. The lowest BCUT2D eigenvalue weighted by Crippen LogP contribution is -2.41. The lowest BCUT2D eigenvalue weighted by Gasteiger charge is -2.26. The molecule has 2 aromatic rings. The minimum Gasteiger partial charge on any atom is -0.491 e. The first kappa shape index (κ1) is 16.1. The molecule has 0 saturated carbocycles. The molecule has 0 amide bonds. The fraction of sp³-hybridized carbons (Fsp3) is 0.412. The van der Waals surface area contributed by atoms with Gasteiger partial charge in [-0.1, -0.05) is 26.8 Å². The number of nitrogen functional groups attached to an aromatic ring is 1. The molecule has 0 spiro atoms. The molecule has 0 aromatic heterocycles. The molecule has 0 fully saturated rings. The maximum absolute atomic E-state index is 11.8. The highest BCUT2D eigenvalue weighted by Crippen LogP contribution is 2.37. The summed E-state index contributed by atoms with van der Waals surface area (Å²) >= 11 is 0. The van der Waals surface area contributed by atoms with Gasteiger partial charge in [0.05, 0.1) is 12.3 Å². The summed E-state index contributed by atoms with van der Waals surface area (Å²) in [5, 5.41) is 0. The molecule has 1 aliphatic rings. The van der Waals surface area contributed by atoms with Gasteiger partial charge in [-0.05, 0) is 30.5 Å². The van der Waals surface area contributed by atoms with Crippen molar-refractivity contribution in [1.29, 1.82) is 0 Å². The lowest BCUT2D eigenvalue weighted by molar-refractivity contribution is 0.322. The van der Waals surface area contributed by atoms with E-state index in [-0.39, 0.29) is 5.69 Å². The number of aryl methyl sites for hydroxylation is 1. The van der Waals surface area contributed by atoms with Crippen molar-refractivity contribution >= 4 is 17.1 Å². The Hall–Kier alpha value is -2.30. The van der Waals surface area contributed by atoms with Crippen LogP contribution in [0.5, 0.6) is 5.75 Å². The summed E-state index contributed by atoms with van der Waals surface area (Å²) in [6, 6.07) is 5.92. The standard InChI is InChI=1S/C15H16N2O3.C2H6/c1-2-9-4-5-11-10(8-9)17(6-3-7-20-11)13-12(16)14(18)15(13)19;1-2/h4-5,8H,2-3,6-7,16H2,1H3;1-2H3. The fourth-order valence-corrected chi connectivity index (χ4v) is 2.54. The number of hydrogen-bond donors (Lipinski definition) is 1. The summed E-state index contributed by atoms with van der Waals surface area (Å²) in [6.45, 7) is 7.27. The van der Waals surface area contributed by atoms with Crippen LogP contribution in [0.4, 0.5) is 17.1 Å². The molecule has 0 radical (unpaired) electrons. The van der Waals surface area contributed by atoms with Crippen molar-refractivity contribution in [2.24, 2.45) is 0 Å². The quantitative estimate of drug-likeness (QED) is 0.862. The van der Waals surface area contributed by atoms with E-state index >= 15 is 0 Å². The van der Waals surface area contributed by atoms with E-state index in [0.29, 0.717) is 18.8 Å². The minimum atomic E-state index is -0.585. The first-order valence-corrected chi connectivity index (χ1v) is 7.75. The fourth-order valence-electron chi connectivity index (χ4n) is 2.54.